The topological polar surface area (TPSA) is 93.1 Å². The fourth-order valence-corrected chi connectivity index (χ4v) is 4.73. The lowest BCUT2D eigenvalue weighted by Gasteiger charge is -2.26. The monoisotopic (exact) mass is 533 g/mol. The number of aryl methyl sites for hydroxylation is 1. The lowest BCUT2D eigenvalue weighted by Crippen LogP contribution is -2.29. The van der Waals surface area contributed by atoms with Crippen LogP contribution in [0.2, 0.25) is 5.02 Å². The molecule has 0 bridgehead atoms. The number of benzene rings is 3. The fourth-order valence-electron chi connectivity index (χ4n) is 4.47. The number of carbonyl (C=O) groups excluding carboxylic acids is 3. The maximum absolute atomic E-state index is 13.4. The molecule has 4 rings (SSSR count). The van der Waals surface area contributed by atoms with Crippen LogP contribution in [0, 0.1) is 6.92 Å². The summed E-state index contributed by atoms with van der Waals surface area (Å²) in [4.78, 5) is 40.2. The number of hydrogen-bond donors (Lipinski definition) is 1. The van der Waals surface area contributed by atoms with Crippen LogP contribution < -0.4 is 9.64 Å². The molecule has 1 atom stereocenters. The number of aliphatic hydroxyl groups is 1. The molecule has 38 heavy (non-hydrogen) atoms. The van der Waals surface area contributed by atoms with Crippen LogP contribution in [0.1, 0.15) is 42.1 Å². The Morgan fingerprint density at radius 3 is 2.37 bits per heavy atom. The zero-order valence-corrected chi connectivity index (χ0v) is 22.3. The molecule has 1 unspecified atom stereocenters. The molecular formula is C30H28ClNO6. The Bertz CT molecular complexity index is 1430. The third-order valence-corrected chi connectivity index (χ3v) is 6.45. The van der Waals surface area contributed by atoms with E-state index in [9.17, 15) is 19.5 Å². The van der Waals surface area contributed by atoms with Gasteiger partial charge in [-0.05, 0) is 62.2 Å². The zero-order valence-electron chi connectivity index (χ0n) is 21.5. The van der Waals surface area contributed by atoms with Gasteiger partial charge in [-0.25, -0.2) is 0 Å². The SMILES string of the molecule is COc1ccc(/C(O)=C2/C(=O)C(=O)N(c3ccc(CC(=O)OC(C)C)cc3)C2c2cccc(C)c2)cc1Cl. The van der Waals surface area contributed by atoms with E-state index >= 15 is 0 Å². The van der Waals surface area contributed by atoms with E-state index in [1.807, 2.05) is 25.1 Å². The standard InChI is InChI=1S/C30H28ClNO6/c1-17(2)38-25(33)15-19-8-11-22(12-9-19)32-27(20-7-5-6-18(3)14-20)26(29(35)30(32)36)28(34)21-10-13-24(37-4)23(31)16-21/h5-14,16-17,27,34H,15H2,1-4H3/b28-26-. The summed E-state index contributed by atoms with van der Waals surface area (Å²) in [5.41, 5.74) is 2.98. The minimum atomic E-state index is -0.882. The van der Waals surface area contributed by atoms with Crippen molar-refractivity contribution in [3.8, 4) is 5.75 Å². The van der Waals surface area contributed by atoms with Gasteiger partial charge in [0.05, 0.1) is 36.3 Å². The first-order valence-corrected chi connectivity index (χ1v) is 12.5. The van der Waals surface area contributed by atoms with Gasteiger partial charge in [0.1, 0.15) is 11.5 Å². The number of anilines is 1. The van der Waals surface area contributed by atoms with E-state index < -0.39 is 17.7 Å². The maximum atomic E-state index is 13.4. The fraction of sp³-hybridized carbons (Fsp3) is 0.233. The second-order valence-electron chi connectivity index (χ2n) is 9.31. The van der Waals surface area contributed by atoms with Gasteiger partial charge >= 0.3 is 5.97 Å². The number of esters is 1. The summed E-state index contributed by atoms with van der Waals surface area (Å²) >= 11 is 6.27. The highest BCUT2D eigenvalue weighted by Gasteiger charge is 2.47. The molecule has 7 nitrogen and oxygen atoms in total. The zero-order chi connectivity index (χ0) is 27.6. The van der Waals surface area contributed by atoms with E-state index in [1.54, 1.807) is 56.3 Å². The van der Waals surface area contributed by atoms with Crippen molar-refractivity contribution in [3.05, 3.63) is 99.6 Å². The number of amides is 1. The molecule has 196 valence electrons. The summed E-state index contributed by atoms with van der Waals surface area (Å²) in [7, 11) is 1.47. The Morgan fingerprint density at radius 1 is 1.05 bits per heavy atom. The number of methoxy groups -OCH3 is 1. The molecule has 1 N–H and O–H groups in total. The highest BCUT2D eigenvalue weighted by atomic mass is 35.5. The molecule has 1 amide bonds. The van der Waals surface area contributed by atoms with Gasteiger partial charge in [-0.1, -0.05) is 53.6 Å². The summed E-state index contributed by atoms with van der Waals surface area (Å²) in [5, 5.41) is 11.6. The minimum Gasteiger partial charge on any atom is -0.507 e. The summed E-state index contributed by atoms with van der Waals surface area (Å²) in [6, 6.07) is 18.0. The van der Waals surface area contributed by atoms with Crippen molar-refractivity contribution in [1.29, 1.82) is 0 Å². The molecule has 1 saturated heterocycles. The molecule has 3 aromatic carbocycles. The molecule has 1 aliphatic rings. The first-order valence-electron chi connectivity index (χ1n) is 12.1. The predicted octanol–water partition coefficient (Wildman–Crippen LogP) is 5.78. The average molecular weight is 534 g/mol. The molecule has 8 heteroatoms. The van der Waals surface area contributed by atoms with Gasteiger partial charge in [-0.2, -0.15) is 0 Å². The highest BCUT2D eigenvalue weighted by molar-refractivity contribution is 6.51. The Morgan fingerprint density at radius 2 is 1.76 bits per heavy atom. The molecule has 0 aliphatic carbocycles. The van der Waals surface area contributed by atoms with Gasteiger partial charge < -0.3 is 14.6 Å². The van der Waals surface area contributed by atoms with Gasteiger partial charge in [0.15, 0.2) is 0 Å². The maximum Gasteiger partial charge on any atom is 0.310 e. The lowest BCUT2D eigenvalue weighted by atomic mass is 9.94. The molecule has 0 radical (unpaired) electrons. The third-order valence-electron chi connectivity index (χ3n) is 6.16. The van der Waals surface area contributed by atoms with E-state index in [2.05, 4.69) is 0 Å². The predicted molar refractivity (Wildman–Crippen MR) is 145 cm³/mol. The van der Waals surface area contributed by atoms with Crippen LogP contribution >= 0.6 is 11.6 Å². The molecule has 1 aliphatic heterocycles. The summed E-state index contributed by atoms with van der Waals surface area (Å²) in [5.74, 6) is -1.87. The Hall–Kier alpha value is -4.10. The molecular weight excluding hydrogens is 506 g/mol. The number of Topliss-reactive ketones (excluding diaryl/α,β-unsaturated/α-hetero) is 1. The quantitative estimate of drug-likeness (QED) is 0.179. The van der Waals surface area contributed by atoms with Crippen molar-refractivity contribution >= 4 is 40.7 Å². The van der Waals surface area contributed by atoms with Crippen LogP contribution in [0.3, 0.4) is 0 Å². The van der Waals surface area contributed by atoms with Gasteiger partial charge in [0, 0.05) is 11.3 Å². The van der Waals surface area contributed by atoms with Gasteiger partial charge in [0.25, 0.3) is 11.7 Å². The second-order valence-corrected chi connectivity index (χ2v) is 9.72. The highest BCUT2D eigenvalue weighted by Crippen LogP contribution is 2.43. The van der Waals surface area contributed by atoms with Crippen molar-refractivity contribution in [1.82, 2.24) is 0 Å². The molecule has 1 fully saturated rings. The number of rotatable bonds is 7. The number of hydrogen-bond acceptors (Lipinski definition) is 6. The van der Waals surface area contributed by atoms with Crippen LogP contribution in [0.25, 0.3) is 5.76 Å². The normalized spacial score (nSPS) is 16.7. The molecule has 1 heterocycles. The minimum absolute atomic E-state index is 0.0496. The van der Waals surface area contributed by atoms with E-state index in [4.69, 9.17) is 21.1 Å². The van der Waals surface area contributed by atoms with Crippen molar-refractivity contribution in [2.45, 2.75) is 39.3 Å². The van der Waals surface area contributed by atoms with Gasteiger partial charge in [-0.15, -0.1) is 0 Å². The van der Waals surface area contributed by atoms with Crippen molar-refractivity contribution in [2.24, 2.45) is 0 Å². The van der Waals surface area contributed by atoms with Crippen molar-refractivity contribution in [2.75, 3.05) is 12.0 Å². The number of carbonyl (C=O) groups is 3. The van der Waals surface area contributed by atoms with E-state index in [0.717, 1.165) is 5.56 Å². The van der Waals surface area contributed by atoms with E-state index in [1.165, 1.54) is 18.1 Å². The van der Waals surface area contributed by atoms with Crippen LogP contribution in [0.4, 0.5) is 5.69 Å². The van der Waals surface area contributed by atoms with Crippen molar-refractivity contribution in [3.63, 3.8) is 0 Å². The van der Waals surface area contributed by atoms with Crippen LogP contribution in [-0.2, 0) is 25.5 Å². The first kappa shape index (κ1) is 26.9. The molecule has 0 spiro atoms. The summed E-state index contributed by atoms with van der Waals surface area (Å²) < 4.78 is 10.4. The van der Waals surface area contributed by atoms with Crippen molar-refractivity contribution < 1.29 is 29.0 Å². The van der Waals surface area contributed by atoms with Gasteiger partial charge in [-0.3, -0.25) is 19.3 Å². The van der Waals surface area contributed by atoms with Crippen LogP contribution in [0.5, 0.6) is 5.75 Å². The Balaban J connectivity index is 1.80. The van der Waals surface area contributed by atoms with E-state index in [-0.39, 0.29) is 40.4 Å². The Labute approximate surface area is 226 Å². The molecule has 3 aromatic rings. The van der Waals surface area contributed by atoms with Crippen LogP contribution in [0.15, 0.2) is 72.3 Å². The van der Waals surface area contributed by atoms with E-state index in [0.29, 0.717) is 22.6 Å². The Kier molecular flexibility index (Phi) is 7.88. The summed E-state index contributed by atoms with van der Waals surface area (Å²) in [6.07, 6.45) is -0.139. The number of nitrogens with zero attached hydrogens (tertiary/aromatic N) is 1. The second kappa shape index (κ2) is 11.1. The smallest absolute Gasteiger partial charge is 0.310 e. The largest absolute Gasteiger partial charge is 0.507 e. The van der Waals surface area contributed by atoms with Crippen LogP contribution in [-0.4, -0.2) is 36.0 Å². The average Bonchev–Trinajstić information content (AvgIpc) is 3.14. The molecule has 0 aromatic heterocycles. The number of halogens is 1. The lowest BCUT2D eigenvalue weighted by molar-refractivity contribution is -0.146. The third kappa shape index (κ3) is 5.43. The summed E-state index contributed by atoms with van der Waals surface area (Å²) in [6.45, 7) is 5.47. The number of ether oxygens (including phenoxy) is 2. The van der Waals surface area contributed by atoms with Gasteiger partial charge in [0.2, 0.25) is 0 Å². The number of ketones is 1. The first-order chi connectivity index (χ1) is 18.1. The number of aliphatic hydroxyl groups excluding tert-OH is 1. The molecule has 0 saturated carbocycles.